The zero-order chi connectivity index (χ0) is 13.1. The number of thiocarbonyl (C=S) groups is 2. The van der Waals surface area contributed by atoms with Crippen LogP contribution < -0.4 is 0 Å². The van der Waals surface area contributed by atoms with E-state index >= 15 is 0 Å². The Hall–Kier alpha value is 0.714. The second-order valence-electron chi connectivity index (χ2n) is 2.88. The Morgan fingerprint density at radius 1 is 0.765 bits per heavy atom. The maximum absolute atomic E-state index is 4.76. The van der Waals surface area contributed by atoms with Crippen LogP contribution in [0.4, 0.5) is 0 Å². The molecule has 0 N–H and O–H groups in total. The Balaban J connectivity index is -0.000000218. The maximum Gasteiger partial charge on any atom is 2.00 e. The number of hydrogen-bond acceptors (Lipinski definition) is 4. The maximum atomic E-state index is 4.76. The predicted molar refractivity (Wildman–Crippen MR) is 85.8 cm³/mol. The van der Waals surface area contributed by atoms with E-state index in [0.717, 1.165) is 26.2 Å². The van der Waals surface area contributed by atoms with Gasteiger partial charge < -0.3 is 59.5 Å². The molecule has 17 heavy (non-hydrogen) atoms. The summed E-state index contributed by atoms with van der Waals surface area (Å²) in [7, 11) is 0. The molecule has 0 spiro atoms. The van der Waals surface area contributed by atoms with Gasteiger partial charge in [0.15, 0.2) is 0 Å². The summed E-state index contributed by atoms with van der Waals surface area (Å²) in [5, 5.41) is 0. The summed E-state index contributed by atoms with van der Waals surface area (Å²) in [6, 6.07) is 0. The van der Waals surface area contributed by atoms with Crippen molar-refractivity contribution in [2.75, 3.05) is 26.2 Å². The van der Waals surface area contributed by atoms with Gasteiger partial charge in [-0.05, 0) is 27.7 Å². The molecule has 0 atom stereocenters. The monoisotopic (exact) mass is 354 g/mol. The van der Waals surface area contributed by atoms with E-state index in [-0.39, 0.29) is 16.5 Å². The van der Waals surface area contributed by atoms with Crippen molar-refractivity contribution in [2.24, 2.45) is 0 Å². The second kappa shape index (κ2) is 14.8. The van der Waals surface area contributed by atoms with E-state index in [4.69, 9.17) is 49.7 Å². The Kier molecular flexibility index (Phi) is 19.9. The summed E-state index contributed by atoms with van der Waals surface area (Å²) in [6.45, 7) is 11.9. The average Bonchev–Trinajstić information content (AvgIpc) is 2.21. The molecule has 0 aromatic carbocycles. The molecule has 0 aliphatic rings. The van der Waals surface area contributed by atoms with E-state index in [9.17, 15) is 0 Å². The number of hydrogen-bond donors (Lipinski definition) is 0. The first kappa shape index (κ1) is 22.9. The Bertz CT molecular complexity index is 184. The SMILES string of the molecule is CCN(CC)C(=S)[S-].CCN(CC)C(=S)[S-].[Ni+2]. The minimum atomic E-state index is 0. The van der Waals surface area contributed by atoms with Gasteiger partial charge >= 0.3 is 16.5 Å². The van der Waals surface area contributed by atoms with Crippen LogP contribution in [0, 0.1) is 0 Å². The van der Waals surface area contributed by atoms with Crippen molar-refractivity contribution in [1.29, 1.82) is 0 Å². The molecule has 0 radical (unpaired) electrons. The smallest absolute Gasteiger partial charge is 0.411 e. The molecule has 0 bridgehead atoms. The van der Waals surface area contributed by atoms with E-state index in [1.54, 1.807) is 0 Å². The fourth-order valence-corrected chi connectivity index (χ4v) is 2.00. The molecule has 0 unspecified atom stereocenters. The zero-order valence-electron chi connectivity index (χ0n) is 10.7. The molecular weight excluding hydrogens is 335 g/mol. The van der Waals surface area contributed by atoms with Gasteiger partial charge in [-0.3, -0.25) is 0 Å². The van der Waals surface area contributed by atoms with Gasteiger partial charge in [0.1, 0.15) is 0 Å². The van der Waals surface area contributed by atoms with Crippen molar-refractivity contribution in [2.45, 2.75) is 27.7 Å². The molecule has 0 amide bonds. The minimum Gasteiger partial charge on any atom is -0.411 e. The van der Waals surface area contributed by atoms with Crippen LogP contribution in [0.3, 0.4) is 0 Å². The van der Waals surface area contributed by atoms with Gasteiger partial charge in [-0.1, -0.05) is 8.64 Å². The summed E-state index contributed by atoms with van der Waals surface area (Å²) in [6.07, 6.45) is 0. The van der Waals surface area contributed by atoms with Gasteiger partial charge in [0.05, 0.1) is 0 Å². The molecule has 7 heteroatoms. The molecule has 0 aromatic heterocycles. The zero-order valence-corrected chi connectivity index (χ0v) is 14.9. The van der Waals surface area contributed by atoms with Crippen LogP contribution in [0.15, 0.2) is 0 Å². The third kappa shape index (κ3) is 13.0. The molecule has 2 nitrogen and oxygen atoms in total. The molecule has 0 aliphatic heterocycles. The summed E-state index contributed by atoms with van der Waals surface area (Å²) < 4.78 is 1.16. The van der Waals surface area contributed by atoms with E-state index in [2.05, 4.69) is 0 Å². The minimum absolute atomic E-state index is 0. The molecule has 0 aromatic rings. The molecule has 0 saturated heterocycles. The molecule has 0 rings (SSSR count). The van der Waals surface area contributed by atoms with Crippen LogP contribution in [0.2, 0.25) is 0 Å². The van der Waals surface area contributed by atoms with E-state index < -0.39 is 0 Å². The van der Waals surface area contributed by atoms with Crippen LogP contribution in [0.1, 0.15) is 27.7 Å². The topological polar surface area (TPSA) is 6.48 Å². The van der Waals surface area contributed by atoms with Crippen molar-refractivity contribution >= 4 is 58.3 Å². The van der Waals surface area contributed by atoms with Crippen molar-refractivity contribution in [3.8, 4) is 0 Å². The van der Waals surface area contributed by atoms with E-state index in [1.807, 2.05) is 37.5 Å². The fraction of sp³-hybridized carbons (Fsp3) is 0.800. The summed E-state index contributed by atoms with van der Waals surface area (Å²) in [4.78, 5) is 3.93. The third-order valence-corrected chi connectivity index (χ3v) is 3.08. The molecule has 0 aliphatic carbocycles. The molecule has 0 fully saturated rings. The molecule has 104 valence electrons. The van der Waals surface area contributed by atoms with Crippen LogP contribution in [-0.4, -0.2) is 44.6 Å². The van der Waals surface area contributed by atoms with Gasteiger partial charge in [-0.2, -0.15) is 0 Å². The standard InChI is InChI=1S/2C5H11NS2.Ni/c2*1-3-6(4-2)5(7)8;/h2*3-4H2,1-2H3,(H,7,8);/q;;+2/p-2. The molecular formula is C10H20N2NiS4. The van der Waals surface area contributed by atoms with Crippen molar-refractivity contribution in [3.63, 3.8) is 0 Å². The summed E-state index contributed by atoms with van der Waals surface area (Å²) in [5.74, 6) is 0. The van der Waals surface area contributed by atoms with Gasteiger partial charge in [0.25, 0.3) is 0 Å². The quantitative estimate of drug-likeness (QED) is 0.431. The normalized spacial score (nSPS) is 8.24. The van der Waals surface area contributed by atoms with E-state index in [1.165, 1.54) is 0 Å². The third-order valence-electron chi connectivity index (χ3n) is 2.04. The van der Waals surface area contributed by atoms with Crippen LogP contribution in [-0.2, 0) is 41.7 Å². The van der Waals surface area contributed by atoms with Crippen molar-refractivity contribution in [3.05, 3.63) is 0 Å². The molecule has 0 saturated carbocycles. The van der Waals surface area contributed by atoms with Gasteiger partial charge in [-0.15, -0.1) is 0 Å². The average molecular weight is 355 g/mol. The van der Waals surface area contributed by atoms with Crippen LogP contribution in [0.25, 0.3) is 0 Å². The van der Waals surface area contributed by atoms with Gasteiger partial charge in [-0.25, -0.2) is 0 Å². The number of rotatable bonds is 4. The molecule has 0 heterocycles. The first-order valence-electron chi connectivity index (χ1n) is 5.36. The Morgan fingerprint density at radius 2 is 0.941 bits per heavy atom. The largest absolute Gasteiger partial charge is 2.00 e. The summed E-state index contributed by atoms with van der Waals surface area (Å²) in [5.41, 5.74) is 0. The van der Waals surface area contributed by atoms with Crippen molar-refractivity contribution < 1.29 is 16.5 Å². The van der Waals surface area contributed by atoms with Gasteiger partial charge in [0, 0.05) is 26.2 Å². The first-order chi connectivity index (χ1) is 7.44. The summed E-state index contributed by atoms with van der Waals surface area (Å²) >= 11 is 19.0. The number of nitrogens with zero attached hydrogens (tertiary/aromatic N) is 2. The van der Waals surface area contributed by atoms with E-state index in [0.29, 0.717) is 8.64 Å². The fourth-order valence-electron chi connectivity index (χ4n) is 0.964. The van der Waals surface area contributed by atoms with Gasteiger partial charge in [0.2, 0.25) is 0 Å². The van der Waals surface area contributed by atoms with Crippen LogP contribution in [0.5, 0.6) is 0 Å². The predicted octanol–water partition coefficient (Wildman–Crippen LogP) is 2.32. The second-order valence-corrected chi connectivity index (χ2v) is 4.94. The van der Waals surface area contributed by atoms with Crippen molar-refractivity contribution in [1.82, 2.24) is 9.80 Å². The van der Waals surface area contributed by atoms with Crippen LogP contribution >= 0.6 is 24.4 Å². The Morgan fingerprint density at radius 3 is 0.941 bits per heavy atom. The Labute approximate surface area is 138 Å². The first-order valence-corrected chi connectivity index (χ1v) is 6.99.